The van der Waals surface area contributed by atoms with Crippen LogP contribution in [0.4, 0.5) is 5.69 Å². The molecule has 1 unspecified atom stereocenters. The van der Waals surface area contributed by atoms with E-state index in [0.717, 1.165) is 30.5 Å². The van der Waals surface area contributed by atoms with Gasteiger partial charge in [-0.05, 0) is 55.2 Å². The molecular weight excluding hydrogens is 410 g/mol. The van der Waals surface area contributed by atoms with E-state index in [0.29, 0.717) is 30.4 Å². The first kappa shape index (κ1) is 23.3. The minimum Gasteiger partial charge on any atom is -0.508 e. The largest absolute Gasteiger partial charge is 0.508 e. The van der Waals surface area contributed by atoms with Gasteiger partial charge in [-0.2, -0.15) is 0 Å². The van der Waals surface area contributed by atoms with Crippen LogP contribution in [0.25, 0.3) is 5.57 Å². The summed E-state index contributed by atoms with van der Waals surface area (Å²) >= 11 is 0. The highest BCUT2D eigenvalue weighted by Gasteiger charge is 2.47. The van der Waals surface area contributed by atoms with Crippen molar-refractivity contribution < 1.29 is 18.3 Å². The summed E-state index contributed by atoms with van der Waals surface area (Å²) in [5.74, 6) is -0.0654. The number of carbonyl (C=O) groups excluding carboxylic acids is 1. The van der Waals surface area contributed by atoms with Crippen molar-refractivity contribution in [2.24, 2.45) is 5.41 Å². The molecule has 1 heterocycles. The smallest absolute Gasteiger partial charge is 0.179 e. The van der Waals surface area contributed by atoms with Crippen LogP contribution in [0.5, 0.6) is 0 Å². The summed E-state index contributed by atoms with van der Waals surface area (Å²) < 4.78 is 27.2. The van der Waals surface area contributed by atoms with E-state index in [1.54, 1.807) is 30.4 Å². The molecule has 0 amide bonds. The Hall–Kier alpha value is -2.34. The van der Waals surface area contributed by atoms with E-state index in [1.807, 2.05) is 32.0 Å². The fourth-order valence-electron chi connectivity index (χ4n) is 4.69. The van der Waals surface area contributed by atoms with Crippen LogP contribution in [0, 0.1) is 5.41 Å². The molecule has 1 aromatic carbocycles. The number of benzene rings is 1. The molecule has 31 heavy (non-hydrogen) atoms. The summed E-state index contributed by atoms with van der Waals surface area (Å²) in [5.41, 5.74) is 1.65. The summed E-state index contributed by atoms with van der Waals surface area (Å²) in [6.07, 6.45) is 8.93. The number of rotatable bonds is 6. The van der Waals surface area contributed by atoms with E-state index in [9.17, 15) is 18.3 Å². The number of nitrogens with zero attached hydrogens (tertiary/aromatic N) is 1. The van der Waals surface area contributed by atoms with Crippen molar-refractivity contribution in [2.75, 3.05) is 24.7 Å². The van der Waals surface area contributed by atoms with Crippen LogP contribution in [0.2, 0.25) is 0 Å². The number of allylic oxidation sites excluding steroid dienone is 5. The highest BCUT2D eigenvalue weighted by molar-refractivity contribution is 7.91. The van der Waals surface area contributed by atoms with Crippen molar-refractivity contribution >= 4 is 26.9 Å². The van der Waals surface area contributed by atoms with Gasteiger partial charge in [-0.1, -0.05) is 39.2 Å². The van der Waals surface area contributed by atoms with E-state index < -0.39 is 15.3 Å². The van der Waals surface area contributed by atoms with Crippen LogP contribution in [0.15, 0.2) is 52.7 Å². The number of carbonyl (C=O) groups is 1. The maximum atomic E-state index is 14.2. The molecular formula is C25H33NO4S. The number of ketones is 1. The molecule has 1 aromatic rings. The molecule has 3 rings (SSSR count). The number of Topliss-reactive ketones (excluding diaryl/α,β-unsaturated/α-hetero) is 1. The summed E-state index contributed by atoms with van der Waals surface area (Å²) in [6.45, 7) is 4.06. The van der Waals surface area contributed by atoms with Crippen LogP contribution in [-0.2, 0) is 14.6 Å². The maximum absolute atomic E-state index is 14.2. The number of aliphatic hydroxyl groups is 1. The molecule has 2 aliphatic rings. The van der Waals surface area contributed by atoms with Crippen LogP contribution in [-0.4, -0.2) is 39.2 Å². The van der Waals surface area contributed by atoms with Crippen molar-refractivity contribution in [3.63, 3.8) is 0 Å². The first-order valence-electron chi connectivity index (χ1n) is 11.0. The van der Waals surface area contributed by atoms with Crippen molar-refractivity contribution in [3.8, 4) is 0 Å². The van der Waals surface area contributed by atoms with Gasteiger partial charge in [0, 0.05) is 36.3 Å². The number of sulfone groups is 1. The number of hydrogen-bond donors (Lipinski definition) is 1. The summed E-state index contributed by atoms with van der Waals surface area (Å²) in [5, 5.41) is 9.81. The lowest BCUT2D eigenvalue weighted by Crippen LogP contribution is -2.37. The SMILES string of the molecule is CCCCC1(CCC)CS(=O)(=O)c2ccc(N(C)C)cc2/C(=C2/C=CC(O)=CC2)C1=O. The molecule has 0 fully saturated rings. The average Bonchev–Trinajstić information content (AvgIpc) is 2.79. The van der Waals surface area contributed by atoms with E-state index in [2.05, 4.69) is 6.92 Å². The first-order valence-corrected chi connectivity index (χ1v) is 12.7. The lowest BCUT2D eigenvalue weighted by atomic mass is 9.72. The Morgan fingerprint density at radius 3 is 2.42 bits per heavy atom. The van der Waals surface area contributed by atoms with Gasteiger partial charge in [-0.15, -0.1) is 0 Å². The minimum absolute atomic E-state index is 0.0736. The van der Waals surface area contributed by atoms with Gasteiger partial charge in [-0.3, -0.25) is 4.79 Å². The number of fused-ring (bicyclic) bond motifs is 1. The normalized spacial score (nSPS) is 25.0. The van der Waals surface area contributed by atoms with E-state index in [1.165, 1.54) is 0 Å². The molecule has 1 aliphatic heterocycles. The van der Waals surface area contributed by atoms with Gasteiger partial charge >= 0.3 is 0 Å². The van der Waals surface area contributed by atoms with Gasteiger partial charge in [0.25, 0.3) is 0 Å². The predicted octanol–water partition coefficient (Wildman–Crippen LogP) is 5.24. The zero-order valence-electron chi connectivity index (χ0n) is 18.9. The second-order valence-electron chi connectivity index (χ2n) is 8.86. The standard InChI is InChI=1S/C25H33NO4S/c1-5-7-15-25(14-6-2)17-31(29,30)22-13-10-19(26(3)4)16-21(22)23(24(25)28)18-8-11-20(27)12-9-18/h8,10-13,16,27H,5-7,9,14-15,17H2,1-4H3/b23-18+. The Morgan fingerprint density at radius 2 is 1.84 bits per heavy atom. The van der Waals surface area contributed by atoms with Crippen LogP contribution >= 0.6 is 0 Å². The lowest BCUT2D eigenvalue weighted by molar-refractivity contribution is -0.122. The van der Waals surface area contributed by atoms with Gasteiger partial charge < -0.3 is 10.0 Å². The number of aliphatic hydroxyl groups excluding tert-OH is 1. The molecule has 0 radical (unpaired) electrons. The summed E-state index contributed by atoms with van der Waals surface area (Å²) in [7, 11) is 0.130. The molecule has 6 heteroatoms. The van der Waals surface area contributed by atoms with Crippen molar-refractivity contribution in [1.82, 2.24) is 0 Å². The second-order valence-corrected chi connectivity index (χ2v) is 10.8. The fourth-order valence-corrected chi connectivity index (χ4v) is 6.76. The molecule has 0 bridgehead atoms. The Morgan fingerprint density at radius 1 is 1.10 bits per heavy atom. The van der Waals surface area contributed by atoms with E-state index in [-0.39, 0.29) is 22.2 Å². The highest BCUT2D eigenvalue weighted by Crippen LogP contribution is 2.46. The van der Waals surface area contributed by atoms with Gasteiger partial charge in [0.05, 0.1) is 10.6 Å². The third kappa shape index (κ3) is 4.49. The maximum Gasteiger partial charge on any atom is 0.179 e. The monoisotopic (exact) mass is 443 g/mol. The molecule has 168 valence electrons. The Labute approximate surface area is 186 Å². The molecule has 0 aromatic heterocycles. The fraction of sp³-hybridized carbons (Fsp3) is 0.480. The molecule has 5 nitrogen and oxygen atoms in total. The zero-order valence-corrected chi connectivity index (χ0v) is 19.8. The molecule has 0 spiro atoms. The van der Waals surface area contributed by atoms with E-state index >= 15 is 0 Å². The number of hydrogen-bond acceptors (Lipinski definition) is 5. The number of unbranched alkanes of at least 4 members (excludes halogenated alkanes) is 1. The lowest BCUT2D eigenvalue weighted by Gasteiger charge is -2.31. The minimum atomic E-state index is -3.66. The molecule has 1 atom stereocenters. The topological polar surface area (TPSA) is 74.7 Å². The summed E-state index contributed by atoms with van der Waals surface area (Å²) in [6, 6.07) is 5.26. The quantitative estimate of drug-likeness (QED) is 0.609. The summed E-state index contributed by atoms with van der Waals surface area (Å²) in [4.78, 5) is 16.4. The van der Waals surface area contributed by atoms with Gasteiger partial charge in [0.2, 0.25) is 0 Å². The molecule has 1 aliphatic carbocycles. The van der Waals surface area contributed by atoms with Gasteiger partial charge in [-0.25, -0.2) is 8.42 Å². The third-order valence-corrected chi connectivity index (χ3v) is 8.26. The van der Waals surface area contributed by atoms with Gasteiger partial charge in [0.1, 0.15) is 5.76 Å². The third-order valence-electron chi connectivity index (χ3n) is 6.30. The van der Waals surface area contributed by atoms with Crippen LogP contribution < -0.4 is 4.90 Å². The number of anilines is 1. The Balaban J connectivity index is 2.36. The Bertz CT molecular complexity index is 1060. The average molecular weight is 444 g/mol. The molecule has 0 saturated carbocycles. The predicted molar refractivity (Wildman–Crippen MR) is 126 cm³/mol. The zero-order chi connectivity index (χ0) is 22.8. The van der Waals surface area contributed by atoms with Crippen molar-refractivity contribution in [1.29, 1.82) is 0 Å². The van der Waals surface area contributed by atoms with Crippen LogP contribution in [0.3, 0.4) is 0 Å². The van der Waals surface area contributed by atoms with Gasteiger partial charge in [0.15, 0.2) is 15.6 Å². The van der Waals surface area contributed by atoms with Crippen molar-refractivity contribution in [2.45, 2.75) is 57.3 Å². The Kier molecular flexibility index (Phi) is 6.79. The second kappa shape index (κ2) is 9.03. The highest BCUT2D eigenvalue weighted by atomic mass is 32.2. The van der Waals surface area contributed by atoms with Crippen molar-refractivity contribution in [3.05, 3.63) is 53.3 Å². The molecule has 0 saturated heterocycles. The molecule has 1 N–H and O–H groups in total. The van der Waals surface area contributed by atoms with Crippen LogP contribution in [0.1, 0.15) is 57.9 Å². The van der Waals surface area contributed by atoms with E-state index in [4.69, 9.17) is 0 Å². The first-order chi connectivity index (χ1) is 14.6.